The van der Waals surface area contributed by atoms with E-state index in [-0.39, 0.29) is 6.10 Å². The van der Waals surface area contributed by atoms with Gasteiger partial charge in [-0.2, -0.15) is 0 Å². The maximum Gasteiger partial charge on any atom is 0.134 e. The van der Waals surface area contributed by atoms with Crippen molar-refractivity contribution in [2.24, 2.45) is 0 Å². The van der Waals surface area contributed by atoms with E-state index in [4.69, 9.17) is 9.47 Å². The number of anilines is 1. The van der Waals surface area contributed by atoms with Crippen LogP contribution in [0.4, 0.5) is 5.82 Å². The predicted molar refractivity (Wildman–Crippen MR) is 80.4 cm³/mol. The van der Waals surface area contributed by atoms with E-state index in [0.29, 0.717) is 6.04 Å². The topological polar surface area (TPSA) is 43.4 Å². The van der Waals surface area contributed by atoms with Gasteiger partial charge in [-0.15, -0.1) is 0 Å². The van der Waals surface area contributed by atoms with Crippen molar-refractivity contribution < 1.29 is 9.47 Å². The zero-order chi connectivity index (χ0) is 13.9. The first-order valence-electron chi connectivity index (χ1n) is 7.04. The highest BCUT2D eigenvalue weighted by Crippen LogP contribution is 2.29. The summed E-state index contributed by atoms with van der Waals surface area (Å²) in [6, 6.07) is 8.41. The number of ether oxygens (including phenoxy) is 2. The molecular formula is C16H20N2O2. The summed E-state index contributed by atoms with van der Waals surface area (Å²) in [5.74, 6) is 1.80. The lowest BCUT2D eigenvalue weighted by atomic mass is 10.1. The Labute approximate surface area is 119 Å². The molecule has 1 aromatic heterocycles. The Bertz CT molecular complexity index is 600. The van der Waals surface area contributed by atoms with Crippen molar-refractivity contribution in [1.29, 1.82) is 0 Å². The summed E-state index contributed by atoms with van der Waals surface area (Å²) in [5, 5.41) is 5.80. The lowest BCUT2D eigenvalue weighted by Gasteiger charge is -2.21. The van der Waals surface area contributed by atoms with Crippen molar-refractivity contribution in [2.75, 3.05) is 19.5 Å². The first-order chi connectivity index (χ1) is 9.81. The highest BCUT2D eigenvalue weighted by molar-refractivity contribution is 5.92. The van der Waals surface area contributed by atoms with Gasteiger partial charge < -0.3 is 14.8 Å². The molecular weight excluding hydrogens is 252 g/mol. The van der Waals surface area contributed by atoms with Gasteiger partial charge in [0, 0.05) is 18.7 Å². The third-order valence-electron chi connectivity index (χ3n) is 4.05. The second-order valence-corrected chi connectivity index (χ2v) is 5.20. The second kappa shape index (κ2) is 5.67. The number of nitrogens with one attached hydrogen (secondary N) is 1. The van der Waals surface area contributed by atoms with Crippen molar-refractivity contribution in [2.45, 2.75) is 31.4 Å². The number of methoxy groups -OCH3 is 2. The Morgan fingerprint density at radius 1 is 1.20 bits per heavy atom. The van der Waals surface area contributed by atoms with Gasteiger partial charge in [0.05, 0.1) is 19.3 Å². The van der Waals surface area contributed by atoms with Crippen LogP contribution in [-0.2, 0) is 4.74 Å². The van der Waals surface area contributed by atoms with Crippen LogP contribution in [0.25, 0.3) is 10.8 Å². The van der Waals surface area contributed by atoms with E-state index < -0.39 is 0 Å². The molecule has 20 heavy (non-hydrogen) atoms. The number of benzene rings is 1. The van der Waals surface area contributed by atoms with Crippen molar-refractivity contribution in [3.8, 4) is 5.75 Å². The number of fused-ring (bicyclic) bond motifs is 1. The normalized spacial score (nSPS) is 22.1. The zero-order valence-corrected chi connectivity index (χ0v) is 11.9. The molecule has 106 valence electrons. The maximum atomic E-state index is 5.53. The van der Waals surface area contributed by atoms with Gasteiger partial charge in [0.15, 0.2) is 0 Å². The van der Waals surface area contributed by atoms with Crippen LogP contribution in [0.1, 0.15) is 19.3 Å². The highest BCUT2D eigenvalue weighted by atomic mass is 16.5. The molecule has 1 aliphatic carbocycles. The highest BCUT2D eigenvalue weighted by Gasteiger charge is 2.27. The Morgan fingerprint density at radius 3 is 2.90 bits per heavy atom. The summed E-state index contributed by atoms with van der Waals surface area (Å²) in [4.78, 5) is 4.49. The van der Waals surface area contributed by atoms with Crippen LogP contribution in [-0.4, -0.2) is 31.3 Å². The fourth-order valence-electron chi connectivity index (χ4n) is 2.95. The Balaban J connectivity index is 1.91. The van der Waals surface area contributed by atoms with Gasteiger partial charge in [0.25, 0.3) is 0 Å². The van der Waals surface area contributed by atoms with Crippen molar-refractivity contribution in [3.05, 3.63) is 30.5 Å². The molecule has 1 heterocycles. The summed E-state index contributed by atoms with van der Waals surface area (Å²) >= 11 is 0. The zero-order valence-electron chi connectivity index (χ0n) is 11.9. The molecule has 1 fully saturated rings. The van der Waals surface area contributed by atoms with Crippen molar-refractivity contribution >= 4 is 16.6 Å². The molecule has 1 saturated carbocycles. The lowest BCUT2D eigenvalue weighted by Crippen LogP contribution is -2.30. The summed E-state index contributed by atoms with van der Waals surface area (Å²) < 4.78 is 10.8. The van der Waals surface area contributed by atoms with E-state index in [0.717, 1.165) is 35.2 Å². The van der Waals surface area contributed by atoms with Gasteiger partial charge in [-0.3, -0.25) is 0 Å². The number of rotatable bonds is 4. The van der Waals surface area contributed by atoms with E-state index in [9.17, 15) is 0 Å². The maximum absolute atomic E-state index is 5.53. The Hall–Kier alpha value is -1.81. The summed E-state index contributed by atoms with van der Waals surface area (Å²) in [6.45, 7) is 0. The van der Waals surface area contributed by atoms with Crippen molar-refractivity contribution in [1.82, 2.24) is 4.98 Å². The minimum absolute atomic E-state index is 0.283. The molecule has 0 radical (unpaired) electrons. The molecule has 3 rings (SSSR count). The fraction of sp³-hybridized carbons (Fsp3) is 0.438. The molecule has 0 amide bonds. The first-order valence-corrected chi connectivity index (χ1v) is 7.04. The minimum Gasteiger partial charge on any atom is -0.497 e. The minimum atomic E-state index is 0.283. The van der Waals surface area contributed by atoms with Crippen LogP contribution in [0.5, 0.6) is 5.75 Å². The molecule has 0 spiro atoms. The molecule has 1 aromatic carbocycles. The Morgan fingerprint density at radius 2 is 2.10 bits per heavy atom. The van der Waals surface area contributed by atoms with Crippen molar-refractivity contribution in [3.63, 3.8) is 0 Å². The van der Waals surface area contributed by atoms with E-state index in [2.05, 4.69) is 16.4 Å². The molecule has 1 N–H and O–H groups in total. The lowest BCUT2D eigenvalue weighted by molar-refractivity contribution is 0.101. The number of nitrogens with zero attached hydrogens (tertiary/aromatic N) is 1. The predicted octanol–water partition coefficient (Wildman–Crippen LogP) is 3.22. The average Bonchev–Trinajstić information content (AvgIpc) is 2.94. The molecule has 0 aliphatic heterocycles. The summed E-state index contributed by atoms with van der Waals surface area (Å²) in [6.07, 6.45) is 5.57. The van der Waals surface area contributed by atoms with Gasteiger partial charge in [-0.1, -0.05) is 0 Å². The first kappa shape index (κ1) is 13.2. The number of hydrogen-bond donors (Lipinski definition) is 1. The molecule has 4 nitrogen and oxygen atoms in total. The number of aromatic nitrogens is 1. The van der Waals surface area contributed by atoms with E-state index in [1.165, 1.54) is 6.42 Å². The number of hydrogen-bond acceptors (Lipinski definition) is 4. The van der Waals surface area contributed by atoms with Crippen LogP contribution >= 0.6 is 0 Å². The van der Waals surface area contributed by atoms with Gasteiger partial charge in [-0.25, -0.2) is 4.98 Å². The molecule has 2 aromatic rings. The number of pyridine rings is 1. The molecule has 0 bridgehead atoms. The monoisotopic (exact) mass is 272 g/mol. The quantitative estimate of drug-likeness (QED) is 0.928. The SMILES string of the molecule is COc1ccc2c(NC3CCCC3OC)nccc2c1. The Kier molecular flexibility index (Phi) is 3.74. The molecule has 2 atom stereocenters. The second-order valence-electron chi connectivity index (χ2n) is 5.20. The molecule has 2 unspecified atom stereocenters. The fourth-order valence-corrected chi connectivity index (χ4v) is 2.95. The average molecular weight is 272 g/mol. The van der Waals surface area contributed by atoms with Gasteiger partial charge in [-0.05, 0) is 48.9 Å². The summed E-state index contributed by atoms with van der Waals surface area (Å²) in [5.41, 5.74) is 0. The third-order valence-corrected chi connectivity index (χ3v) is 4.05. The van der Waals surface area contributed by atoms with Crippen LogP contribution in [0.2, 0.25) is 0 Å². The third kappa shape index (κ3) is 2.43. The van der Waals surface area contributed by atoms with Gasteiger partial charge in [0.1, 0.15) is 11.6 Å². The van der Waals surface area contributed by atoms with E-state index in [1.54, 1.807) is 14.2 Å². The van der Waals surface area contributed by atoms with Crippen LogP contribution in [0, 0.1) is 0 Å². The smallest absolute Gasteiger partial charge is 0.134 e. The van der Waals surface area contributed by atoms with Gasteiger partial charge >= 0.3 is 0 Å². The van der Waals surface area contributed by atoms with Crippen LogP contribution in [0.3, 0.4) is 0 Å². The van der Waals surface area contributed by atoms with E-state index in [1.807, 2.05) is 24.4 Å². The standard InChI is InChI=1S/C16H20N2O2/c1-19-12-6-7-13-11(10-12)8-9-17-16(13)18-14-4-3-5-15(14)20-2/h6-10,14-15H,3-5H2,1-2H3,(H,17,18). The van der Waals surface area contributed by atoms with E-state index >= 15 is 0 Å². The molecule has 0 saturated heterocycles. The van der Waals surface area contributed by atoms with Crippen LogP contribution < -0.4 is 10.1 Å². The molecule has 1 aliphatic rings. The largest absolute Gasteiger partial charge is 0.497 e. The van der Waals surface area contributed by atoms with Gasteiger partial charge in [0.2, 0.25) is 0 Å². The summed E-state index contributed by atoms with van der Waals surface area (Å²) in [7, 11) is 3.47. The molecule has 4 heteroatoms. The van der Waals surface area contributed by atoms with Crippen LogP contribution in [0.15, 0.2) is 30.5 Å².